The third-order valence-corrected chi connectivity index (χ3v) is 4.15. The van der Waals surface area contributed by atoms with Gasteiger partial charge in [-0.2, -0.15) is 0 Å². The standard InChI is InChI=1S/C11H17NOS/c1-8-2-4-9(5-3-8)11-12-10(6-13)7-14-11/h7-9,13H,2-6H2,1H3. The summed E-state index contributed by atoms with van der Waals surface area (Å²) in [5.41, 5.74) is 0.837. The minimum atomic E-state index is 0.0830. The Kier molecular flexibility index (Phi) is 3.19. The summed E-state index contributed by atoms with van der Waals surface area (Å²) in [6.45, 7) is 2.41. The van der Waals surface area contributed by atoms with Crippen LogP contribution in [0.2, 0.25) is 0 Å². The average molecular weight is 211 g/mol. The van der Waals surface area contributed by atoms with Crippen LogP contribution < -0.4 is 0 Å². The second-order valence-corrected chi connectivity index (χ2v) is 5.18. The SMILES string of the molecule is CC1CCC(c2nc(CO)cs2)CC1. The van der Waals surface area contributed by atoms with Crippen LogP contribution >= 0.6 is 11.3 Å². The van der Waals surface area contributed by atoms with Gasteiger partial charge in [-0.15, -0.1) is 11.3 Å². The van der Waals surface area contributed by atoms with E-state index in [9.17, 15) is 0 Å². The maximum absolute atomic E-state index is 8.94. The smallest absolute Gasteiger partial charge is 0.0960 e. The fourth-order valence-corrected chi connectivity index (χ4v) is 3.07. The van der Waals surface area contributed by atoms with E-state index < -0.39 is 0 Å². The summed E-state index contributed by atoms with van der Waals surface area (Å²) in [7, 11) is 0. The van der Waals surface area contributed by atoms with Crippen LogP contribution in [0.15, 0.2) is 5.38 Å². The second kappa shape index (κ2) is 4.41. The molecule has 1 aromatic rings. The number of aliphatic hydroxyl groups excluding tert-OH is 1. The van der Waals surface area contributed by atoms with Crippen LogP contribution in [0.5, 0.6) is 0 Å². The van der Waals surface area contributed by atoms with Crippen molar-refractivity contribution < 1.29 is 5.11 Å². The zero-order valence-corrected chi connectivity index (χ0v) is 9.39. The average Bonchev–Trinajstić information content (AvgIpc) is 2.67. The third-order valence-electron chi connectivity index (χ3n) is 3.10. The molecule has 3 heteroatoms. The molecule has 2 nitrogen and oxygen atoms in total. The molecule has 1 aliphatic rings. The maximum atomic E-state index is 8.94. The molecule has 14 heavy (non-hydrogen) atoms. The summed E-state index contributed by atoms with van der Waals surface area (Å²) in [4.78, 5) is 4.45. The second-order valence-electron chi connectivity index (χ2n) is 4.29. The van der Waals surface area contributed by atoms with E-state index in [1.165, 1.54) is 30.7 Å². The van der Waals surface area contributed by atoms with E-state index in [-0.39, 0.29) is 6.61 Å². The first-order valence-electron chi connectivity index (χ1n) is 5.34. The molecule has 0 aromatic carbocycles. The molecular weight excluding hydrogens is 194 g/mol. The summed E-state index contributed by atoms with van der Waals surface area (Å²) < 4.78 is 0. The van der Waals surface area contributed by atoms with Gasteiger partial charge in [-0.1, -0.05) is 19.8 Å². The minimum Gasteiger partial charge on any atom is -0.390 e. The van der Waals surface area contributed by atoms with Crippen LogP contribution in [0.25, 0.3) is 0 Å². The van der Waals surface area contributed by atoms with E-state index >= 15 is 0 Å². The molecule has 1 fully saturated rings. The molecule has 0 amide bonds. The Bertz CT molecular complexity index is 289. The van der Waals surface area contributed by atoms with E-state index in [0.717, 1.165) is 11.6 Å². The van der Waals surface area contributed by atoms with Crippen molar-refractivity contribution in [2.24, 2.45) is 5.92 Å². The fraction of sp³-hybridized carbons (Fsp3) is 0.727. The first-order valence-corrected chi connectivity index (χ1v) is 6.22. The summed E-state index contributed by atoms with van der Waals surface area (Å²) in [5.74, 6) is 1.56. The molecule has 1 aromatic heterocycles. The Morgan fingerprint density at radius 3 is 2.71 bits per heavy atom. The van der Waals surface area contributed by atoms with E-state index in [2.05, 4.69) is 11.9 Å². The lowest BCUT2D eigenvalue weighted by atomic mass is 9.83. The van der Waals surface area contributed by atoms with Crippen LogP contribution in [0.3, 0.4) is 0 Å². The molecule has 78 valence electrons. The molecule has 0 spiro atoms. The van der Waals surface area contributed by atoms with Gasteiger partial charge in [0.05, 0.1) is 17.3 Å². The van der Waals surface area contributed by atoms with Crippen LogP contribution in [-0.2, 0) is 6.61 Å². The first-order chi connectivity index (χ1) is 6.79. The molecule has 1 aliphatic carbocycles. The predicted molar refractivity (Wildman–Crippen MR) is 58.4 cm³/mol. The van der Waals surface area contributed by atoms with Crippen LogP contribution in [-0.4, -0.2) is 10.1 Å². The molecule has 0 aliphatic heterocycles. The number of hydrogen-bond acceptors (Lipinski definition) is 3. The van der Waals surface area contributed by atoms with E-state index in [4.69, 9.17) is 5.11 Å². The maximum Gasteiger partial charge on any atom is 0.0960 e. The molecule has 0 saturated heterocycles. The number of nitrogens with zero attached hydrogens (tertiary/aromatic N) is 1. The highest BCUT2D eigenvalue weighted by Gasteiger charge is 2.21. The van der Waals surface area contributed by atoms with Crippen molar-refractivity contribution in [3.63, 3.8) is 0 Å². The predicted octanol–water partition coefficient (Wildman–Crippen LogP) is 2.93. The quantitative estimate of drug-likeness (QED) is 0.816. The number of hydrogen-bond donors (Lipinski definition) is 1. The van der Waals surface area contributed by atoms with Crippen molar-refractivity contribution in [1.82, 2.24) is 4.98 Å². The molecule has 1 heterocycles. The van der Waals surface area contributed by atoms with Crippen molar-refractivity contribution in [3.05, 3.63) is 16.1 Å². The van der Waals surface area contributed by atoms with Crippen molar-refractivity contribution in [1.29, 1.82) is 0 Å². The largest absolute Gasteiger partial charge is 0.390 e. The Morgan fingerprint density at radius 1 is 1.43 bits per heavy atom. The van der Waals surface area contributed by atoms with Gasteiger partial charge < -0.3 is 5.11 Å². The first kappa shape index (κ1) is 10.1. The molecule has 0 radical (unpaired) electrons. The van der Waals surface area contributed by atoms with Gasteiger partial charge in [0.25, 0.3) is 0 Å². The zero-order chi connectivity index (χ0) is 9.97. The van der Waals surface area contributed by atoms with Gasteiger partial charge in [-0.05, 0) is 18.8 Å². The summed E-state index contributed by atoms with van der Waals surface area (Å²) in [6, 6.07) is 0. The Morgan fingerprint density at radius 2 is 2.14 bits per heavy atom. The number of aliphatic hydroxyl groups is 1. The molecule has 0 unspecified atom stereocenters. The number of thiazole rings is 1. The Balaban J connectivity index is 2.01. The lowest BCUT2D eigenvalue weighted by Gasteiger charge is -2.24. The van der Waals surface area contributed by atoms with Crippen molar-refractivity contribution in [2.45, 2.75) is 45.1 Å². The van der Waals surface area contributed by atoms with Gasteiger partial charge in [-0.3, -0.25) is 0 Å². The van der Waals surface area contributed by atoms with Crippen molar-refractivity contribution >= 4 is 11.3 Å². The highest BCUT2D eigenvalue weighted by Crippen LogP contribution is 2.36. The normalized spacial score (nSPS) is 27.9. The van der Waals surface area contributed by atoms with E-state index in [1.54, 1.807) is 11.3 Å². The molecule has 1 N–H and O–H groups in total. The van der Waals surface area contributed by atoms with Crippen LogP contribution in [0.1, 0.15) is 49.2 Å². The highest BCUT2D eigenvalue weighted by molar-refractivity contribution is 7.09. The van der Waals surface area contributed by atoms with Crippen molar-refractivity contribution in [3.8, 4) is 0 Å². The minimum absolute atomic E-state index is 0.0830. The molecule has 2 rings (SSSR count). The molecule has 1 saturated carbocycles. The Labute approximate surface area is 89.0 Å². The van der Waals surface area contributed by atoms with Crippen LogP contribution in [0, 0.1) is 5.92 Å². The lowest BCUT2D eigenvalue weighted by Crippen LogP contribution is -2.10. The lowest BCUT2D eigenvalue weighted by molar-refractivity contribution is 0.276. The van der Waals surface area contributed by atoms with Gasteiger partial charge >= 0.3 is 0 Å². The highest BCUT2D eigenvalue weighted by atomic mass is 32.1. The topological polar surface area (TPSA) is 33.1 Å². The number of rotatable bonds is 2. The van der Waals surface area contributed by atoms with Gasteiger partial charge in [0.2, 0.25) is 0 Å². The van der Waals surface area contributed by atoms with Gasteiger partial charge in [0, 0.05) is 11.3 Å². The van der Waals surface area contributed by atoms with Crippen molar-refractivity contribution in [2.75, 3.05) is 0 Å². The third kappa shape index (κ3) is 2.15. The van der Waals surface area contributed by atoms with E-state index in [1.807, 2.05) is 5.38 Å². The summed E-state index contributed by atoms with van der Waals surface area (Å²) >= 11 is 1.71. The summed E-state index contributed by atoms with van der Waals surface area (Å²) in [5, 5.41) is 12.2. The van der Waals surface area contributed by atoms with Crippen LogP contribution in [0.4, 0.5) is 0 Å². The zero-order valence-electron chi connectivity index (χ0n) is 8.57. The van der Waals surface area contributed by atoms with E-state index in [0.29, 0.717) is 5.92 Å². The van der Waals surface area contributed by atoms with Gasteiger partial charge in [-0.25, -0.2) is 4.98 Å². The van der Waals surface area contributed by atoms with Gasteiger partial charge in [0.1, 0.15) is 0 Å². The fourth-order valence-electron chi connectivity index (χ4n) is 2.09. The Hall–Kier alpha value is -0.410. The monoisotopic (exact) mass is 211 g/mol. The van der Waals surface area contributed by atoms with Gasteiger partial charge in [0.15, 0.2) is 0 Å². The summed E-state index contributed by atoms with van der Waals surface area (Å²) in [6.07, 6.45) is 5.22. The molecular formula is C11H17NOS. The molecule has 0 bridgehead atoms. The molecule has 0 atom stereocenters. The number of aromatic nitrogens is 1.